The summed E-state index contributed by atoms with van der Waals surface area (Å²) in [7, 11) is 0. The van der Waals surface area contributed by atoms with Gasteiger partial charge in [0.25, 0.3) is 0 Å². The van der Waals surface area contributed by atoms with Crippen molar-refractivity contribution < 1.29 is 4.79 Å². The molecule has 2 aromatic carbocycles. The summed E-state index contributed by atoms with van der Waals surface area (Å²) in [5, 5.41) is 11.8. The quantitative estimate of drug-likeness (QED) is 0.755. The van der Waals surface area contributed by atoms with Crippen LogP contribution in [0.5, 0.6) is 0 Å². The van der Waals surface area contributed by atoms with E-state index in [2.05, 4.69) is 59.7 Å². The van der Waals surface area contributed by atoms with E-state index in [0.717, 1.165) is 29.6 Å². The lowest BCUT2D eigenvalue weighted by Crippen LogP contribution is -2.21. The largest absolute Gasteiger partial charge is 0.325 e. The zero-order valence-corrected chi connectivity index (χ0v) is 13.8. The second-order valence-corrected chi connectivity index (χ2v) is 7.06. The Bertz CT molecular complexity index is 1000. The predicted octanol–water partition coefficient (Wildman–Crippen LogP) is 3.81. The zero-order valence-electron chi connectivity index (χ0n) is 13.8. The number of fused-ring (bicyclic) bond motifs is 3. The van der Waals surface area contributed by atoms with E-state index >= 15 is 0 Å². The highest BCUT2D eigenvalue weighted by molar-refractivity contribution is 6.10. The van der Waals surface area contributed by atoms with Crippen LogP contribution in [-0.2, 0) is 16.6 Å². The van der Waals surface area contributed by atoms with Crippen molar-refractivity contribution >= 4 is 22.5 Å². The number of nitrogens with zero attached hydrogens (tertiary/aromatic N) is 1. The van der Waals surface area contributed by atoms with E-state index in [1.165, 1.54) is 22.2 Å². The van der Waals surface area contributed by atoms with Gasteiger partial charge in [0, 0.05) is 22.7 Å². The van der Waals surface area contributed by atoms with E-state index in [-0.39, 0.29) is 17.2 Å². The lowest BCUT2D eigenvalue weighted by molar-refractivity contribution is -0.118. The molecule has 2 unspecified atom stereocenters. The Morgan fingerprint density at radius 3 is 2.96 bits per heavy atom. The molecule has 0 saturated heterocycles. The molecule has 1 spiro atoms. The average Bonchev–Trinajstić information content (AvgIpc) is 3.12. The Labute approximate surface area is 140 Å². The van der Waals surface area contributed by atoms with Gasteiger partial charge in [0.2, 0.25) is 5.91 Å². The van der Waals surface area contributed by atoms with Crippen LogP contribution < -0.4 is 5.32 Å². The Kier molecular flexibility index (Phi) is 2.57. The van der Waals surface area contributed by atoms with Crippen LogP contribution in [0.15, 0.2) is 36.4 Å². The van der Waals surface area contributed by atoms with Crippen molar-refractivity contribution in [2.24, 2.45) is 0 Å². The van der Waals surface area contributed by atoms with Gasteiger partial charge in [-0.3, -0.25) is 9.89 Å². The van der Waals surface area contributed by atoms with Crippen molar-refractivity contribution in [2.45, 2.75) is 38.0 Å². The van der Waals surface area contributed by atoms with Gasteiger partial charge in [0.15, 0.2) is 0 Å². The van der Waals surface area contributed by atoms with E-state index in [4.69, 9.17) is 0 Å². The zero-order chi connectivity index (χ0) is 16.5. The number of aromatic amines is 1. The van der Waals surface area contributed by atoms with E-state index in [0.29, 0.717) is 0 Å². The highest BCUT2D eigenvalue weighted by atomic mass is 16.2. The molecule has 0 radical (unpaired) electrons. The first-order valence-corrected chi connectivity index (χ1v) is 8.53. The van der Waals surface area contributed by atoms with Crippen molar-refractivity contribution in [3.63, 3.8) is 0 Å². The molecule has 3 aromatic rings. The number of H-pyrrole nitrogens is 1. The third-order valence-electron chi connectivity index (χ3n) is 5.68. The van der Waals surface area contributed by atoms with Crippen LogP contribution in [0.1, 0.15) is 41.6 Å². The fourth-order valence-corrected chi connectivity index (χ4v) is 4.28. The van der Waals surface area contributed by atoms with Gasteiger partial charge in [-0.15, -0.1) is 0 Å². The fourth-order valence-electron chi connectivity index (χ4n) is 4.28. The van der Waals surface area contributed by atoms with Crippen molar-refractivity contribution in [3.05, 3.63) is 58.8 Å². The van der Waals surface area contributed by atoms with Gasteiger partial charge in [0.05, 0.1) is 10.9 Å². The second-order valence-electron chi connectivity index (χ2n) is 7.06. The monoisotopic (exact) mass is 317 g/mol. The maximum atomic E-state index is 12.7. The Balaban J connectivity index is 1.59. The van der Waals surface area contributed by atoms with Crippen LogP contribution in [0.3, 0.4) is 0 Å². The minimum absolute atomic E-state index is 0.143. The van der Waals surface area contributed by atoms with Gasteiger partial charge in [0.1, 0.15) is 0 Å². The summed E-state index contributed by atoms with van der Waals surface area (Å²) in [5.74, 6) is 0.385. The molecule has 1 aliphatic heterocycles. The molecular formula is C20H19N3O. The van der Waals surface area contributed by atoms with E-state index < -0.39 is 0 Å². The number of hydrogen-bond acceptors (Lipinski definition) is 2. The second kappa shape index (κ2) is 4.47. The molecule has 5 rings (SSSR count). The van der Waals surface area contributed by atoms with Crippen LogP contribution >= 0.6 is 0 Å². The number of rotatable bonds is 2. The number of hydrogen-bond donors (Lipinski definition) is 2. The normalized spacial score (nSPS) is 24.4. The molecule has 120 valence electrons. The standard InChI is InChI=1S/C20H19N3O/c1-3-16-13-6-5-12(9-18(13)23-22-16)15-10-20(15)14-8-11(2)4-7-17(14)21-19(20)24/h4-9,15H,3,10H2,1-2H3,(H,21,24)(H,22,23). The summed E-state index contributed by atoms with van der Waals surface area (Å²) in [6.07, 6.45) is 1.82. The molecule has 24 heavy (non-hydrogen) atoms. The van der Waals surface area contributed by atoms with Crippen molar-refractivity contribution in [1.82, 2.24) is 10.2 Å². The van der Waals surface area contributed by atoms with Crippen molar-refractivity contribution in [2.75, 3.05) is 5.32 Å². The predicted molar refractivity (Wildman–Crippen MR) is 94.3 cm³/mol. The molecule has 2 atom stereocenters. The maximum Gasteiger partial charge on any atom is 0.235 e. The Morgan fingerprint density at radius 1 is 1.25 bits per heavy atom. The minimum Gasteiger partial charge on any atom is -0.325 e. The molecule has 2 aliphatic rings. The van der Waals surface area contributed by atoms with Crippen LogP contribution in [0.4, 0.5) is 5.69 Å². The number of carbonyl (C=O) groups is 1. The SMILES string of the molecule is CCc1[nH]nc2cc(C3CC34C(=O)Nc3ccc(C)cc34)ccc12. The molecule has 4 heteroatoms. The maximum absolute atomic E-state index is 12.7. The molecule has 2 heterocycles. The summed E-state index contributed by atoms with van der Waals surface area (Å²) in [5.41, 5.74) is 6.33. The molecule has 1 saturated carbocycles. The van der Waals surface area contributed by atoms with Gasteiger partial charge < -0.3 is 5.32 Å². The molecule has 0 bridgehead atoms. The number of nitrogens with one attached hydrogen (secondary N) is 2. The molecule has 2 N–H and O–H groups in total. The smallest absolute Gasteiger partial charge is 0.235 e. The Morgan fingerprint density at radius 2 is 2.12 bits per heavy atom. The van der Waals surface area contributed by atoms with Crippen LogP contribution in [0.25, 0.3) is 10.9 Å². The summed E-state index contributed by atoms with van der Waals surface area (Å²) >= 11 is 0. The first-order chi connectivity index (χ1) is 11.6. The molecule has 1 amide bonds. The Hall–Kier alpha value is -2.62. The van der Waals surface area contributed by atoms with E-state index in [1.807, 2.05) is 6.07 Å². The number of benzene rings is 2. The first kappa shape index (κ1) is 13.8. The summed E-state index contributed by atoms with van der Waals surface area (Å²) < 4.78 is 0. The third-order valence-corrected chi connectivity index (χ3v) is 5.68. The van der Waals surface area contributed by atoms with Crippen LogP contribution in [0, 0.1) is 6.92 Å². The van der Waals surface area contributed by atoms with Gasteiger partial charge >= 0.3 is 0 Å². The lowest BCUT2D eigenvalue weighted by Gasteiger charge is -2.09. The summed E-state index contributed by atoms with van der Waals surface area (Å²) in [6.45, 7) is 4.20. The van der Waals surface area contributed by atoms with Crippen molar-refractivity contribution in [1.29, 1.82) is 0 Å². The number of aromatic nitrogens is 2. The van der Waals surface area contributed by atoms with Gasteiger partial charge in [-0.2, -0.15) is 5.10 Å². The van der Waals surface area contributed by atoms with Gasteiger partial charge in [-0.25, -0.2) is 0 Å². The van der Waals surface area contributed by atoms with E-state index in [1.54, 1.807) is 0 Å². The number of amides is 1. The highest BCUT2D eigenvalue weighted by Gasteiger charge is 2.65. The molecule has 1 aromatic heterocycles. The molecular weight excluding hydrogens is 298 g/mol. The molecule has 1 aliphatic carbocycles. The number of carbonyl (C=O) groups excluding carboxylic acids is 1. The summed E-state index contributed by atoms with van der Waals surface area (Å²) in [4.78, 5) is 12.7. The third kappa shape index (κ3) is 1.63. The van der Waals surface area contributed by atoms with Gasteiger partial charge in [-0.05, 0) is 43.0 Å². The topological polar surface area (TPSA) is 57.8 Å². The first-order valence-electron chi connectivity index (χ1n) is 8.53. The number of aryl methyl sites for hydroxylation is 2. The van der Waals surface area contributed by atoms with Crippen LogP contribution in [-0.4, -0.2) is 16.1 Å². The average molecular weight is 317 g/mol. The van der Waals surface area contributed by atoms with Crippen LogP contribution in [0.2, 0.25) is 0 Å². The fraction of sp³-hybridized carbons (Fsp3) is 0.300. The molecule has 4 nitrogen and oxygen atoms in total. The van der Waals surface area contributed by atoms with Crippen molar-refractivity contribution in [3.8, 4) is 0 Å². The summed E-state index contributed by atoms with van der Waals surface area (Å²) in [6, 6.07) is 12.7. The van der Waals surface area contributed by atoms with E-state index in [9.17, 15) is 4.79 Å². The number of anilines is 1. The molecule has 1 fully saturated rings. The van der Waals surface area contributed by atoms with Gasteiger partial charge in [-0.1, -0.05) is 36.8 Å². The highest BCUT2D eigenvalue weighted by Crippen LogP contribution is 2.65. The lowest BCUT2D eigenvalue weighted by atomic mass is 9.91. The minimum atomic E-state index is -0.376.